The van der Waals surface area contributed by atoms with Gasteiger partial charge in [0.05, 0.1) is 17.9 Å². The highest BCUT2D eigenvalue weighted by Crippen LogP contribution is 2.40. The smallest absolute Gasteiger partial charge is 0.406 e. The van der Waals surface area contributed by atoms with Crippen LogP contribution in [0.1, 0.15) is 71.7 Å². The van der Waals surface area contributed by atoms with Crippen LogP contribution in [0.2, 0.25) is 0 Å². The number of carbonyl (C=O) groups is 6. The second kappa shape index (κ2) is 25.2. The van der Waals surface area contributed by atoms with Gasteiger partial charge in [-0.25, -0.2) is 14.8 Å². The molecule has 1 aliphatic carbocycles. The molecule has 1 aliphatic heterocycles. The molecule has 0 unspecified atom stereocenters. The Morgan fingerprint density at radius 2 is 1.56 bits per heavy atom. The zero-order valence-electron chi connectivity index (χ0n) is 40.1. The Balaban J connectivity index is 1.38. The Hall–Kier alpha value is -8.07. The molecule has 4 bridgehead atoms. The van der Waals surface area contributed by atoms with Crippen molar-refractivity contribution in [3.63, 3.8) is 0 Å². The minimum Gasteiger partial charge on any atom is -0.492 e. The highest BCUT2D eigenvalue weighted by atomic mass is 16.5. The SMILES string of the molecule is Cc1nc(-c2ccc(OC3CCCCC3)cc2)nc(N)c1C(=O)N[C@@H](CCN)C(=O)N(C)[C@@H]1C(=O)N[C@@H](NC(=O)O)C(=O)N[C@H](C(=O)NCC#N)Cc2ccc(OCCN)c(c2)-c2cc1ccc2OCCN. The molecule has 1 saturated carbocycles. The van der Waals surface area contributed by atoms with Gasteiger partial charge in [0.2, 0.25) is 17.7 Å². The third-order valence-electron chi connectivity index (χ3n) is 12.0. The van der Waals surface area contributed by atoms with Crippen LogP contribution >= 0.6 is 0 Å². The first-order valence-corrected chi connectivity index (χ1v) is 23.5. The van der Waals surface area contributed by atoms with E-state index >= 15 is 0 Å². The van der Waals surface area contributed by atoms with Crippen molar-refractivity contribution in [3.8, 4) is 45.8 Å². The van der Waals surface area contributed by atoms with E-state index in [1.165, 1.54) is 25.6 Å². The topological polar surface area (TPSA) is 367 Å². The standard InChI is InChI=1S/C49H61N13O10/c1-27-39(41(54)59-42(56-27)29-9-12-32(13-10-29)72-31-6-4-3-5-7-31)45(64)57-35(16-17-50)48(67)62(2)40-30-11-15-38(71-23-20-53)34(26-30)33-24-28(8-14-37(33)70-22-19-52)25-36(44(63)55-21-18-51)58-47(66)43(60-46(40)65)61-49(68)69/h8-15,24,26,31,35-36,40,43,61H,3-7,16-17,19-23,25,50,52-53H2,1-2H3,(H,55,63)(H,57,64)(H,58,66)(H,60,65)(H,68,69)(H2,54,56,59)/t35-,36-,40-,43-/m0/s1. The van der Waals surface area contributed by atoms with Gasteiger partial charge in [0.25, 0.3) is 11.8 Å². The summed E-state index contributed by atoms with van der Waals surface area (Å²) < 4.78 is 18.3. The number of ether oxygens (including phenoxy) is 3. The van der Waals surface area contributed by atoms with Crippen molar-refractivity contribution in [2.45, 2.75) is 82.3 Å². The number of carbonyl (C=O) groups excluding carboxylic acids is 5. The lowest BCUT2D eigenvalue weighted by Crippen LogP contribution is -2.61. The molecule has 23 heteroatoms. The lowest BCUT2D eigenvalue weighted by atomic mass is 9.93. The van der Waals surface area contributed by atoms with Gasteiger partial charge in [-0.2, -0.15) is 5.26 Å². The first-order valence-electron chi connectivity index (χ1n) is 23.5. The number of aryl methyl sites for hydroxylation is 1. The highest BCUT2D eigenvalue weighted by molar-refractivity contribution is 6.03. The van der Waals surface area contributed by atoms with Gasteiger partial charge in [-0.3, -0.25) is 29.3 Å². The number of nitrogens with two attached hydrogens (primary N) is 4. The zero-order chi connectivity index (χ0) is 51.9. The predicted octanol–water partition coefficient (Wildman–Crippen LogP) is 1.13. The number of nitrogens with one attached hydrogen (secondary N) is 5. The number of nitrogens with zero attached hydrogens (tertiary/aromatic N) is 4. The van der Waals surface area contributed by atoms with E-state index in [9.17, 15) is 39.1 Å². The molecule has 3 aromatic carbocycles. The molecular weight excluding hydrogens is 931 g/mol. The number of hydrogen-bond acceptors (Lipinski definition) is 16. The molecule has 0 saturated heterocycles. The summed E-state index contributed by atoms with van der Waals surface area (Å²) in [5.41, 5.74) is 26.1. The van der Waals surface area contributed by atoms with Crippen LogP contribution in [0, 0.1) is 18.3 Å². The van der Waals surface area contributed by atoms with Gasteiger partial charge >= 0.3 is 6.09 Å². The lowest BCUT2D eigenvalue weighted by molar-refractivity contribution is -0.142. The number of rotatable bonds is 18. The molecule has 2 aliphatic rings. The highest BCUT2D eigenvalue weighted by Gasteiger charge is 2.38. The number of benzene rings is 3. The molecule has 6 amide bonds. The third-order valence-corrected chi connectivity index (χ3v) is 12.0. The zero-order valence-corrected chi connectivity index (χ0v) is 40.1. The molecule has 1 fully saturated rings. The summed E-state index contributed by atoms with van der Waals surface area (Å²) in [6, 6.07) is 14.1. The number of nitriles is 1. The summed E-state index contributed by atoms with van der Waals surface area (Å²) in [5, 5.41) is 30.9. The number of anilines is 1. The maximum atomic E-state index is 14.8. The summed E-state index contributed by atoms with van der Waals surface area (Å²) in [6.07, 6.45) is 1.54. The quantitative estimate of drug-likeness (QED) is 0.0625. The molecule has 6 rings (SSSR count). The van der Waals surface area contributed by atoms with E-state index in [0.717, 1.165) is 30.6 Å². The Morgan fingerprint density at radius 3 is 2.18 bits per heavy atom. The van der Waals surface area contributed by atoms with Crippen LogP contribution in [-0.2, 0) is 25.6 Å². The van der Waals surface area contributed by atoms with Crippen molar-refractivity contribution in [1.29, 1.82) is 5.26 Å². The van der Waals surface area contributed by atoms with E-state index < -0.39 is 66.5 Å². The average molecular weight is 992 g/mol. The second-order valence-corrected chi connectivity index (χ2v) is 17.1. The van der Waals surface area contributed by atoms with Crippen LogP contribution in [0.5, 0.6) is 17.2 Å². The van der Waals surface area contributed by atoms with Crippen LogP contribution in [0.25, 0.3) is 22.5 Å². The monoisotopic (exact) mass is 991 g/mol. The number of hydrogen-bond donors (Lipinski definition) is 10. The summed E-state index contributed by atoms with van der Waals surface area (Å²) in [4.78, 5) is 93.2. The minimum atomic E-state index is -2.04. The maximum absolute atomic E-state index is 14.8. The number of amides is 6. The van der Waals surface area contributed by atoms with Gasteiger partial charge in [-0.05, 0) is 105 Å². The van der Waals surface area contributed by atoms with Crippen molar-refractivity contribution in [2.75, 3.05) is 52.2 Å². The van der Waals surface area contributed by atoms with Crippen LogP contribution in [-0.4, -0.2) is 126 Å². The van der Waals surface area contributed by atoms with E-state index in [4.69, 9.17) is 37.1 Å². The molecule has 0 radical (unpaired) electrons. The van der Waals surface area contributed by atoms with Crippen molar-refractivity contribution in [1.82, 2.24) is 41.5 Å². The summed E-state index contributed by atoms with van der Waals surface area (Å²) in [5.74, 6) is -3.28. The molecule has 382 valence electrons. The van der Waals surface area contributed by atoms with Crippen molar-refractivity contribution >= 4 is 41.4 Å². The average Bonchev–Trinajstić information content (AvgIpc) is 3.36. The first kappa shape index (κ1) is 53.3. The van der Waals surface area contributed by atoms with Gasteiger partial charge in [0.1, 0.15) is 66.5 Å². The fourth-order valence-corrected chi connectivity index (χ4v) is 8.54. The largest absolute Gasteiger partial charge is 0.492 e. The van der Waals surface area contributed by atoms with Crippen molar-refractivity contribution in [2.24, 2.45) is 17.2 Å². The van der Waals surface area contributed by atoms with Gasteiger partial charge in [0, 0.05) is 43.2 Å². The van der Waals surface area contributed by atoms with E-state index in [-0.39, 0.29) is 86.0 Å². The van der Waals surface area contributed by atoms with Gasteiger partial charge < -0.3 is 68.4 Å². The fraction of sp³-hybridized carbons (Fsp3) is 0.408. The number of nitrogen functional groups attached to an aromatic ring is 1. The van der Waals surface area contributed by atoms with E-state index in [2.05, 4.69) is 31.2 Å². The summed E-state index contributed by atoms with van der Waals surface area (Å²) in [7, 11) is 1.28. The Labute approximate surface area is 415 Å². The number of carboxylic acid groups (broad SMARTS) is 1. The summed E-state index contributed by atoms with van der Waals surface area (Å²) in [6.45, 7) is 1.44. The molecule has 14 N–H and O–H groups in total. The molecule has 1 aromatic heterocycles. The molecule has 72 heavy (non-hydrogen) atoms. The van der Waals surface area contributed by atoms with E-state index in [0.29, 0.717) is 33.8 Å². The van der Waals surface area contributed by atoms with Gasteiger partial charge in [0.15, 0.2) is 12.0 Å². The first-order chi connectivity index (χ1) is 34.6. The molecular formula is C49H61N13O10. The summed E-state index contributed by atoms with van der Waals surface area (Å²) >= 11 is 0. The molecule has 4 aromatic rings. The van der Waals surface area contributed by atoms with Crippen LogP contribution < -0.4 is 63.7 Å². The van der Waals surface area contributed by atoms with Crippen molar-refractivity contribution < 1.29 is 48.1 Å². The van der Waals surface area contributed by atoms with Crippen LogP contribution in [0.15, 0.2) is 60.7 Å². The number of likely N-dealkylation sites (N-methyl/N-ethyl adjacent to an activating group) is 1. The van der Waals surface area contributed by atoms with Crippen molar-refractivity contribution in [3.05, 3.63) is 83.0 Å². The van der Waals surface area contributed by atoms with Crippen LogP contribution in [0.3, 0.4) is 0 Å². The van der Waals surface area contributed by atoms with Crippen LogP contribution in [0.4, 0.5) is 10.6 Å². The predicted molar refractivity (Wildman–Crippen MR) is 263 cm³/mol. The Bertz CT molecular complexity index is 2630. The van der Waals surface area contributed by atoms with E-state index in [1.807, 2.05) is 17.4 Å². The van der Waals surface area contributed by atoms with Gasteiger partial charge in [-0.1, -0.05) is 18.6 Å². The van der Waals surface area contributed by atoms with E-state index in [1.54, 1.807) is 49.4 Å². The lowest BCUT2D eigenvalue weighted by Gasteiger charge is -2.33. The normalized spacial score (nSPS) is 17.4. The molecule has 4 atom stereocenters. The van der Waals surface area contributed by atoms with Gasteiger partial charge in [-0.15, -0.1) is 0 Å². The second-order valence-electron chi connectivity index (χ2n) is 17.1. The molecule has 23 nitrogen and oxygen atoms in total. The maximum Gasteiger partial charge on any atom is 0.406 e. The Kier molecular flexibility index (Phi) is 18.6. The fourth-order valence-electron chi connectivity index (χ4n) is 8.54. The molecule has 0 spiro atoms. The minimum absolute atomic E-state index is 0.0597. The number of fused-ring (bicyclic) bond motifs is 5. The Morgan fingerprint density at radius 1 is 0.889 bits per heavy atom. The number of aromatic nitrogens is 2. The third kappa shape index (κ3) is 13.4. The molecule has 2 heterocycles.